The molecule has 1 aliphatic heterocycles. The minimum absolute atomic E-state index is 0.113. The molecule has 0 bridgehead atoms. The monoisotopic (exact) mass is 408 g/mol. The zero-order chi connectivity index (χ0) is 20.9. The summed E-state index contributed by atoms with van der Waals surface area (Å²) in [5, 5.41) is 8.15. The summed E-state index contributed by atoms with van der Waals surface area (Å²) in [5.74, 6) is 0.894. The van der Waals surface area contributed by atoms with Crippen LogP contribution in [0.15, 0.2) is 42.9 Å². The van der Waals surface area contributed by atoms with E-state index in [4.69, 9.17) is 9.47 Å². The molecule has 0 aliphatic carbocycles. The minimum Gasteiger partial charge on any atom is -0.493 e. The number of nitrogens with zero attached hydrogens (tertiary/aromatic N) is 3. The number of rotatable bonds is 8. The molecule has 1 atom stereocenters. The van der Waals surface area contributed by atoms with Crippen LogP contribution in [0.3, 0.4) is 0 Å². The van der Waals surface area contributed by atoms with Crippen molar-refractivity contribution in [3.63, 3.8) is 0 Å². The molecule has 1 aliphatic rings. The number of esters is 1. The molecule has 8 nitrogen and oxygen atoms in total. The number of amides is 1. The van der Waals surface area contributed by atoms with Gasteiger partial charge in [0.15, 0.2) is 0 Å². The molecule has 0 spiro atoms. The van der Waals surface area contributed by atoms with Crippen molar-refractivity contribution in [1.82, 2.24) is 20.1 Å². The highest BCUT2D eigenvalue weighted by Gasteiger charge is 2.21. The van der Waals surface area contributed by atoms with E-state index in [1.165, 1.54) is 6.92 Å². The molecule has 3 heterocycles. The molecular weight excluding hydrogens is 384 g/mol. The summed E-state index contributed by atoms with van der Waals surface area (Å²) < 4.78 is 12.8. The van der Waals surface area contributed by atoms with E-state index in [1.807, 2.05) is 30.5 Å². The van der Waals surface area contributed by atoms with Gasteiger partial charge in [0.1, 0.15) is 12.4 Å². The molecule has 4 rings (SSSR count). The molecular formula is C22H24N4O4. The highest BCUT2D eigenvalue weighted by molar-refractivity contribution is 5.89. The first-order valence-electron chi connectivity index (χ1n) is 10.0. The van der Waals surface area contributed by atoms with Crippen LogP contribution >= 0.6 is 0 Å². The molecule has 1 fully saturated rings. The van der Waals surface area contributed by atoms with Crippen LogP contribution in [0, 0.1) is 5.92 Å². The van der Waals surface area contributed by atoms with Gasteiger partial charge in [-0.2, -0.15) is 5.10 Å². The first-order chi connectivity index (χ1) is 14.6. The van der Waals surface area contributed by atoms with Crippen LogP contribution in [0.4, 0.5) is 0 Å². The third kappa shape index (κ3) is 4.76. The Balaban J connectivity index is 1.50. The summed E-state index contributed by atoms with van der Waals surface area (Å²) in [7, 11) is 0. The Kier molecular flexibility index (Phi) is 5.92. The average molecular weight is 408 g/mol. The van der Waals surface area contributed by atoms with Crippen LogP contribution in [-0.2, 0) is 20.9 Å². The smallest absolute Gasteiger partial charge is 0.302 e. The van der Waals surface area contributed by atoms with E-state index < -0.39 is 0 Å². The molecule has 0 saturated carbocycles. The van der Waals surface area contributed by atoms with Gasteiger partial charge in [0.25, 0.3) is 0 Å². The molecule has 3 aromatic rings. The molecule has 0 radical (unpaired) electrons. The van der Waals surface area contributed by atoms with Crippen molar-refractivity contribution in [3.05, 3.63) is 42.9 Å². The highest BCUT2D eigenvalue weighted by Crippen LogP contribution is 2.32. The summed E-state index contributed by atoms with van der Waals surface area (Å²) in [4.78, 5) is 26.8. The van der Waals surface area contributed by atoms with Gasteiger partial charge in [-0.05, 0) is 42.2 Å². The summed E-state index contributed by atoms with van der Waals surface area (Å²) in [6.07, 6.45) is 6.83. The maximum Gasteiger partial charge on any atom is 0.302 e. The van der Waals surface area contributed by atoms with E-state index in [0.717, 1.165) is 40.7 Å². The fraction of sp³-hybridized carbons (Fsp3) is 0.364. The average Bonchev–Trinajstić information content (AvgIpc) is 3.36. The number of fused-ring (bicyclic) bond motifs is 1. The lowest BCUT2D eigenvalue weighted by Crippen LogP contribution is -2.14. The van der Waals surface area contributed by atoms with Gasteiger partial charge in [-0.3, -0.25) is 19.3 Å². The Morgan fingerprint density at radius 3 is 3.00 bits per heavy atom. The molecule has 1 N–H and O–H groups in total. The number of benzene rings is 1. The summed E-state index contributed by atoms with van der Waals surface area (Å²) >= 11 is 0. The number of nitrogens with one attached hydrogen (secondary N) is 1. The zero-order valence-electron chi connectivity index (χ0n) is 16.8. The normalized spacial score (nSPS) is 15.9. The van der Waals surface area contributed by atoms with Crippen LogP contribution in [0.5, 0.6) is 5.75 Å². The van der Waals surface area contributed by atoms with E-state index in [-0.39, 0.29) is 18.5 Å². The number of pyridine rings is 1. The van der Waals surface area contributed by atoms with E-state index in [9.17, 15) is 9.59 Å². The number of ether oxygens (including phenoxy) is 2. The number of carbonyl (C=O) groups excluding carboxylic acids is 2. The topological polar surface area (TPSA) is 95.3 Å². The number of hydrogen-bond acceptors (Lipinski definition) is 6. The van der Waals surface area contributed by atoms with Crippen LogP contribution in [0.2, 0.25) is 0 Å². The number of hydrogen-bond donors (Lipinski definition) is 1. The summed E-state index contributed by atoms with van der Waals surface area (Å²) in [6, 6.07) is 7.89. The van der Waals surface area contributed by atoms with Crippen molar-refractivity contribution in [2.45, 2.75) is 26.3 Å². The van der Waals surface area contributed by atoms with Gasteiger partial charge < -0.3 is 14.8 Å². The Labute approximate surface area is 174 Å². The minimum atomic E-state index is -0.303. The summed E-state index contributed by atoms with van der Waals surface area (Å²) in [5.41, 5.74) is 2.73. The fourth-order valence-electron chi connectivity index (χ4n) is 3.56. The first-order valence-corrected chi connectivity index (χ1v) is 10.0. The molecule has 156 valence electrons. The van der Waals surface area contributed by atoms with Crippen molar-refractivity contribution in [3.8, 4) is 16.9 Å². The molecule has 2 aromatic heterocycles. The van der Waals surface area contributed by atoms with Crippen molar-refractivity contribution < 1.29 is 19.1 Å². The maximum absolute atomic E-state index is 11.4. The van der Waals surface area contributed by atoms with Crippen molar-refractivity contribution >= 4 is 22.8 Å². The van der Waals surface area contributed by atoms with Gasteiger partial charge in [0.2, 0.25) is 5.91 Å². The fourth-order valence-corrected chi connectivity index (χ4v) is 3.56. The van der Waals surface area contributed by atoms with Gasteiger partial charge in [-0.1, -0.05) is 0 Å². The van der Waals surface area contributed by atoms with Gasteiger partial charge in [0.05, 0.1) is 24.9 Å². The van der Waals surface area contributed by atoms with E-state index in [1.54, 1.807) is 17.1 Å². The van der Waals surface area contributed by atoms with Crippen LogP contribution < -0.4 is 10.1 Å². The predicted octanol–water partition coefficient (Wildman–Crippen LogP) is 2.57. The highest BCUT2D eigenvalue weighted by atomic mass is 16.5. The van der Waals surface area contributed by atoms with Crippen LogP contribution in [0.1, 0.15) is 19.8 Å². The molecule has 8 heteroatoms. The van der Waals surface area contributed by atoms with E-state index >= 15 is 0 Å². The van der Waals surface area contributed by atoms with Crippen LogP contribution in [-0.4, -0.2) is 46.4 Å². The van der Waals surface area contributed by atoms with E-state index in [2.05, 4.69) is 15.4 Å². The lowest BCUT2D eigenvalue weighted by Gasteiger charge is -2.13. The standard InChI is InChI=1S/C22H24N4O4/c1-15(27)29-8-6-26-14-18(13-25-26)17-10-20-19(3-2-5-23-20)21(11-17)30-7-4-16-9-22(28)24-12-16/h2-3,5,10-11,13-14,16H,4,6-9,12H2,1H3,(H,24,28)/t16-/m1/s1. The lowest BCUT2D eigenvalue weighted by atomic mass is 10.0. The second kappa shape index (κ2) is 8.94. The molecule has 1 aromatic carbocycles. The SMILES string of the molecule is CC(=O)OCCn1cc(-c2cc(OCC[C@H]3CNC(=O)C3)c3cccnc3c2)cn1. The third-order valence-electron chi connectivity index (χ3n) is 5.12. The van der Waals surface area contributed by atoms with Crippen molar-refractivity contribution in [2.24, 2.45) is 5.92 Å². The van der Waals surface area contributed by atoms with Gasteiger partial charge in [-0.25, -0.2) is 0 Å². The van der Waals surface area contributed by atoms with Gasteiger partial charge >= 0.3 is 5.97 Å². The van der Waals surface area contributed by atoms with Crippen molar-refractivity contribution in [2.75, 3.05) is 19.8 Å². The quantitative estimate of drug-likeness (QED) is 0.576. The first kappa shape index (κ1) is 19.9. The third-order valence-corrected chi connectivity index (χ3v) is 5.12. The zero-order valence-corrected chi connectivity index (χ0v) is 16.8. The molecule has 1 amide bonds. The Morgan fingerprint density at radius 2 is 2.20 bits per heavy atom. The maximum atomic E-state index is 11.4. The Morgan fingerprint density at radius 1 is 1.30 bits per heavy atom. The van der Waals surface area contributed by atoms with Gasteiger partial charge in [-0.15, -0.1) is 0 Å². The Bertz CT molecular complexity index is 1060. The second-order valence-electron chi connectivity index (χ2n) is 7.39. The van der Waals surface area contributed by atoms with Gasteiger partial charge in [0, 0.05) is 43.2 Å². The largest absolute Gasteiger partial charge is 0.493 e. The van der Waals surface area contributed by atoms with Crippen LogP contribution in [0.25, 0.3) is 22.0 Å². The van der Waals surface area contributed by atoms with E-state index in [0.29, 0.717) is 25.5 Å². The number of aromatic nitrogens is 3. The summed E-state index contributed by atoms with van der Waals surface area (Å²) in [6.45, 7) is 3.41. The van der Waals surface area contributed by atoms with Crippen molar-refractivity contribution in [1.29, 1.82) is 0 Å². The molecule has 30 heavy (non-hydrogen) atoms. The number of carbonyl (C=O) groups is 2. The molecule has 0 unspecified atom stereocenters. The second-order valence-corrected chi connectivity index (χ2v) is 7.39. The Hall–Kier alpha value is -3.42. The predicted molar refractivity (Wildman–Crippen MR) is 111 cm³/mol. The molecule has 1 saturated heterocycles. The lowest BCUT2D eigenvalue weighted by molar-refractivity contribution is -0.141.